The van der Waals surface area contributed by atoms with Gasteiger partial charge in [-0.25, -0.2) is 17.6 Å². The standard InChI is InChI=1S/C19H15FN4O4S/c1-10-17(18(25)23-19(26)21-10)29(27,28)24-14-4-2-3-11(8-14)16-9-12-7-13(20)5-6-15(12)22-16/h2-9,22,24H,1H3,(H2,21,23,25,26). The van der Waals surface area contributed by atoms with Gasteiger partial charge in [0.2, 0.25) is 0 Å². The van der Waals surface area contributed by atoms with E-state index in [0.717, 1.165) is 5.52 Å². The molecule has 0 aliphatic carbocycles. The molecule has 4 aromatic rings. The quantitative estimate of drug-likeness (QED) is 0.409. The number of nitrogens with one attached hydrogen (secondary N) is 4. The number of fused-ring (bicyclic) bond motifs is 1. The minimum Gasteiger partial charge on any atom is -0.355 e. The molecule has 0 saturated carbocycles. The lowest BCUT2D eigenvalue weighted by molar-refractivity contribution is 0.598. The summed E-state index contributed by atoms with van der Waals surface area (Å²) in [7, 11) is -4.24. The summed E-state index contributed by atoms with van der Waals surface area (Å²) in [5.74, 6) is -0.356. The second-order valence-electron chi connectivity index (χ2n) is 6.46. The van der Waals surface area contributed by atoms with Crippen LogP contribution in [0.5, 0.6) is 0 Å². The highest BCUT2D eigenvalue weighted by molar-refractivity contribution is 7.92. The van der Waals surface area contributed by atoms with Crippen molar-refractivity contribution in [3.63, 3.8) is 0 Å². The third-order valence-corrected chi connectivity index (χ3v) is 5.89. The van der Waals surface area contributed by atoms with Crippen LogP contribution in [0.4, 0.5) is 10.1 Å². The smallest absolute Gasteiger partial charge is 0.325 e. The monoisotopic (exact) mass is 414 g/mol. The van der Waals surface area contributed by atoms with Crippen molar-refractivity contribution in [2.45, 2.75) is 11.8 Å². The highest BCUT2D eigenvalue weighted by atomic mass is 32.2. The summed E-state index contributed by atoms with van der Waals surface area (Å²) < 4.78 is 41.1. The van der Waals surface area contributed by atoms with E-state index >= 15 is 0 Å². The number of hydrogen-bond donors (Lipinski definition) is 4. The van der Waals surface area contributed by atoms with Gasteiger partial charge in [0.15, 0.2) is 4.90 Å². The van der Waals surface area contributed by atoms with E-state index in [1.807, 2.05) is 4.98 Å². The molecule has 0 radical (unpaired) electrons. The van der Waals surface area contributed by atoms with Crippen molar-refractivity contribution in [3.05, 3.63) is 80.9 Å². The molecule has 29 heavy (non-hydrogen) atoms. The summed E-state index contributed by atoms with van der Waals surface area (Å²) in [6.07, 6.45) is 0. The summed E-state index contributed by atoms with van der Waals surface area (Å²) in [5.41, 5.74) is 0.426. The highest BCUT2D eigenvalue weighted by Crippen LogP contribution is 2.27. The second-order valence-corrected chi connectivity index (χ2v) is 8.08. The van der Waals surface area contributed by atoms with Crippen molar-refractivity contribution in [1.29, 1.82) is 0 Å². The highest BCUT2D eigenvalue weighted by Gasteiger charge is 2.22. The molecule has 0 bridgehead atoms. The summed E-state index contributed by atoms with van der Waals surface area (Å²) in [5, 5.41) is 0.682. The van der Waals surface area contributed by atoms with Crippen LogP contribution in [0, 0.1) is 12.7 Å². The number of aryl methyl sites for hydroxylation is 1. The maximum absolute atomic E-state index is 13.4. The van der Waals surface area contributed by atoms with Gasteiger partial charge in [0, 0.05) is 33.5 Å². The van der Waals surface area contributed by atoms with Crippen molar-refractivity contribution in [3.8, 4) is 11.3 Å². The minimum atomic E-state index is -4.24. The Balaban J connectivity index is 1.72. The Morgan fingerprint density at radius 3 is 2.52 bits per heavy atom. The maximum atomic E-state index is 13.4. The minimum absolute atomic E-state index is 0.0694. The van der Waals surface area contributed by atoms with E-state index in [0.29, 0.717) is 16.6 Å². The first-order valence-electron chi connectivity index (χ1n) is 8.48. The molecule has 0 spiro atoms. The number of sulfonamides is 1. The van der Waals surface area contributed by atoms with E-state index in [9.17, 15) is 22.4 Å². The van der Waals surface area contributed by atoms with E-state index in [1.54, 1.807) is 30.3 Å². The fraction of sp³-hybridized carbons (Fsp3) is 0.0526. The van der Waals surface area contributed by atoms with Crippen LogP contribution in [-0.4, -0.2) is 23.4 Å². The number of aromatic amines is 3. The molecule has 0 saturated heterocycles. The van der Waals surface area contributed by atoms with E-state index in [1.165, 1.54) is 25.1 Å². The van der Waals surface area contributed by atoms with E-state index in [-0.39, 0.29) is 17.2 Å². The molecule has 2 aromatic carbocycles. The first kappa shape index (κ1) is 18.7. The molecule has 4 rings (SSSR count). The number of aromatic nitrogens is 3. The zero-order valence-electron chi connectivity index (χ0n) is 15.0. The van der Waals surface area contributed by atoms with E-state index < -0.39 is 26.2 Å². The summed E-state index contributed by atoms with van der Waals surface area (Å²) in [4.78, 5) is 30.0. The van der Waals surface area contributed by atoms with Crippen LogP contribution in [0.3, 0.4) is 0 Å². The van der Waals surface area contributed by atoms with Gasteiger partial charge >= 0.3 is 5.69 Å². The van der Waals surface area contributed by atoms with Crippen LogP contribution < -0.4 is 16.0 Å². The Hall–Kier alpha value is -3.66. The largest absolute Gasteiger partial charge is 0.355 e. The molecule has 8 nitrogen and oxygen atoms in total. The Labute approximate surface area is 163 Å². The van der Waals surface area contributed by atoms with Crippen molar-refractivity contribution >= 4 is 26.6 Å². The molecule has 4 N–H and O–H groups in total. The average molecular weight is 414 g/mol. The fourth-order valence-corrected chi connectivity index (χ4v) is 4.42. The molecular weight excluding hydrogens is 399 g/mol. The van der Waals surface area contributed by atoms with Crippen LogP contribution in [0.15, 0.2) is 63.0 Å². The van der Waals surface area contributed by atoms with Gasteiger partial charge in [-0.15, -0.1) is 0 Å². The predicted molar refractivity (Wildman–Crippen MR) is 107 cm³/mol. The first-order valence-corrected chi connectivity index (χ1v) is 9.96. The van der Waals surface area contributed by atoms with Gasteiger partial charge in [0.05, 0.1) is 0 Å². The van der Waals surface area contributed by atoms with Crippen molar-refractivity contribution in [1.82, 2.24) is 15.0 Å². The number of benzene rings is 2. The molecule has 0 unspecified atom stereocenters. The van der Waals surface area contributed by atoms with Gasteiger partial charge in [0.25, 0.3) is 15.6 Å². The van der Waals surface area contributed by atoms with Crippen molar-refractivity contribution < 1.29 is 12.8 Å². The van der Waals surface area contributed by atoms with E-state index in [4.69, 9.17) is 0 Å². The van der Waals surface area contributed by atoms with Crippen LogP contribution in [0.25, 0.3) is 22.2 Å². The maximum Gasteiger partial charge on any atom is 0.325 e. The number of anilines is 1. The average Bonchev–Trinajstić information content (AvgIpc) is 3.03. The zero-order valence-corrected chi connectivity index (χ0v) is 15.9. The summed E-state index contributed by atoms with van der Waals surface area (Å²) in [6, 6.07) is 12.6. The summed E-state index contributed by atoms with van der Waals surface area (Å²) >= 11 is 0. The molecule has 2 heterocycles. The topological polar surface area (TPSA) is 128 Å². The third-order valence-electron chi connectivity index (χ3n) is 4.35. The molecule has 0 aliphatic heterocycles. The molecule has 0 fully saturated rings. The van der Waals surface area contributed by atoms with Crippen LogP contribution in [0.2, 0.25) is 0 Å². The van der Waals surface area contributed by atoms with Gasteiger partial charge < -0.3 is 9.97 Å². The SMILES string of the molecule is Cc1[nH]c(=O)[nH]c(=O)c1S(=O)(=O)Nc1cccc(-c2cc3cc(F)ccc3[nH]2)c1. The van der Waals surface area contributed by atoms with Crippen molar-refractivity contribution in [2.75, 3.05) is 4.72 Å². The Morgan fingerprint density at radius 1 is 0.966 bits per heavy atom. The molecule has 0 aliphatic rings. The fourth-order valence-electron chi connectivity index (χ4n) is 3.13. The lowest BCUT2D eigenvalue weighted by Crippen LogP contribution is -2.31. The van der Waals surface area contributed by atoms with Crippen LogP contribution in [-0.2, 0) is 10.0 Å². The Kier molecular flexibility index (Phi) is 4.35. The molecule has 2 aromatic heterocycles. The molecular formula is C19H15FN4O4S. The van der Waals surface area contributed by atoms with Crippen molar-refractivity contribution in [2.24, 2.45) is 0 Å². The third kappa shape index (κ3) is 3.57. The molecule has 10 heteroatoms. The predicted octanol–water partition coefficient (Wildman–Crippen LogP) is 2.46. The van der Waals surface area contributed by atoms with Gasteiger partial charge in [-0.1, -0.05) is 12.1 Å². The van der Waals surface area contributed by atoms with E-state index in [2.05, 4.69) is 14.7 Å². The first-order chi connectivity index (χ1) is 13.7. The zero-order chi connectivity index (χ0) is 20.8. The molecule has 0 amide bonds. The van der Waals surface area contributed by atoms with Crippen LogP contribution in [0.1, 0.15) is 5.69 Å². The van der Waals surface area contributed by atoms with Gasteiger partial charge in [-0.3, -0.25) is 14.5 Å². The second kappa shape index (κ2) is 6.74. The van der Waals surface area contributed by atoms with Gasteiger partial charge in [-0.05, 0) is 43.3 Å². The number of H-pyrrole nitrogens is 3. The number of hydrogen-bond acceptors (Lipinski definition) is 4. The molecule has 148 valence electrons. The lowest BCUT2D eigenvalue weighted by atomic mass is 10.1. The molecule has 0 atom stereocenters. The van der Waals surface area contributed by atoms with Gasteiger partial charge in [0.1, 0.15) is 5.82 Å². The number of rotatable bonds is 4. The number of halogens is 1. The van der Waals surface area contributed by atoms with Gasteiger partial charge in [-0.2, -0.15) is 0 Å². The Bertz CT molecular complexity index is 1470. The normalized spacial score (nSPS) is 11.7. The lowest BCUT2D eigenvalue weighted by Gasteiger charge is -2.10. The Morgan fingerprint density at radius 2 is 1.76 bits per heavy atom. The summed E-state index contributed by atoms with van der Waals surface area (Å²) in [6.45, 7) is 1.32. The van der Waals surface area contributed by atoms with Crippen LogP contribution >= 0.6 is 0 Å².